The fraction of sp³-hybridized carbons (Fsp3) is 0.472. The zero-order valence-corrected chi connectivity index (χ0v) is 82.7. The zero-order valence-electron chi connectivity index (χ0n) is 81.0. The van der Waals surface area contributed by atoms with Gasteiger partial charge in [0.25, 0.3) is 11.1 Å². The van der Waals surface area contributed by atoms with Crippen LogP contribution in [-0.2, 0) is 149 Å². The van der Waals surface area contributed by atoms with E-state index in [4.69, 9.17) is 19.4 Å². The average molecular weight is 2010 g/mol. The van der Waals surface area contributed by atoms with Gasteiger partial charge in [0.2, 0.25) is 53.2 Å². The minimum absolute atomic E-state index is 0.00639. The van der Waals surface area contributed by atoms with Gasteiger partial charge in [-0.15, -0.1) is 11.8 Å². The normalized spacial score (nSPS) is 19.5. The number of benzene rings is 4. The molecule has 2 fully saturated rings. The molecule has 1 unspecified atom stereocenters. The second-order valence-electron chi connectivity index (χ2n) is 38.4. The first-order valence-electron chi connectivity index (χ1n) is 49.3. The fourth-order valence-electron chi connectivity index (χ4n) is 20.8. The Bertz CT molecular complexity index is 6660. The van der Waals surface area contributed by atoms with Crippen LogP contribution in [0.5, 0.6) is 0 Å². The number of pyridine rings is 4. The van der Waals surface area contributed by atoms with Gasteiger partial charge in [0.15, 0.2) is 28.6 Å². The number of rotatable bonds is 42. The summed E-state index contributed by atoms with van der Waals surface area (Å²) >= 11 is 5.16. The number of aryl methyl sites for hydroxylation is 2. The van der Waals surface area contributed by atoms with Crippen LogP contribution < -0.4 is 48.3 Å². The number of carbonyl (C=O) groups is 16. The first-order chi connectivity index (χ1) is 69.0. The topological polar surface area (TPSA) is 489 Å². The number of halogens is 2. The highest BCUT2D eigenvalue weighted by Gasteiger charge is 2.49. The van der Waals surface area contributed by atoms with Gasteiger partial charge in [-0.3, -0.25) is 81.6 Å². The van der Waals surface area contributed by atoms with Crippen LogP contribution >= 0.6 is 24.4 Å². The standard InChI is InChI=1S/C61H70FN7O13S.C45H48FN5O9S/c1-4-61(81)42-26-47-57-40(31-68(47)58(78)41(42)32-82-60(61)80)56-44(18-17-39-33(2)43(62)27-46(67-57)55(39)56)65-52(75)11-8-23-63-50(73)21-19-48(72)45(25-35-9-6-5-7-10-35)66-53(76)20-16-38(71)29-64-51(74)22-24-83-49-28-54(77)69(59(49)79)30-36-12-14-37(15-13-36)34(3)70;1-3-45(59)30-19-35-42-28(21-51(35)43(57)29(30)22-60-44(45)58)41-32(13-12-27-24(2)31(46)20-34(50-42)40(27)41)48-38(55)10-7-17-47-37(54)16-14-36(53)33(18-25-8-5-4-6-9-25)49-39(56)15-11-26(52)23-61/h5-7,9-10,26-27,36-37,44-45,49,81H,4,8,11-25,28-32H2,1-3H3,(H,63,73)(H,64,74)(H,65,75)(H,66,76);4-6,8-9,19-20,32-33,59,61H,3,7,10-18,21-23H2,1-2H3,(H,47,54)(H,48,55)(H,49,56)/t36?,37?,44-,45-,49?,61-;32-,33-,45-/m00/s1. The van der Waals surface area contributed by atoms with Crippen molar-refractivity contribution in [3.63, 3.8) is 0 Å². The molecule has 16 rings (SSSR count). The number of fused-ring (bicyclic) bond motifs is 10. The number of aliphatic hydroxyl groups is 2. The van der Waals surface area contributed by atoms with Gasteiger partial charge in [-0.2, -0.15) is 12.6 Å². The van der Waals surface area contributed by atoms with Crippen LogP contribution in [0.25, 0.3) is 44.6 Å². The summed E-state index contributed by atoms with van der Waals surface area (Å²) in [7, 11) is 0. The minimum Gasteiger partial charge on any atom is -0.458 e. The molecule has 34 nitrogen and oxygen atoms in total. The lowest BCUT2D eigenvalue weighted by atomic mass is 9.80. The van der Waals surface area contributed by atoms with Gasteiger partial charge in [-0.25, -0.2) is 28.3 Å². The fourth-order valence-corrected chi connectivity index (χ4v) is 22.1. The van der Waals surface area contributed by atoms with Crippen LogP contribution in [-0.4, -0.2) is 183 Å². The van der Waals surface area contributed by atoms with Crippen molar-refractivity contribution in [1.82, 2.24) is 61.2 Å². The number of nitrogens with zero attached hydrogens (tertiary/aromatic N) is 5. The molecule has 144 heavy (non-hydrogen) atoms. The van der Waals surface area contributed by atoms with E-state index in [0.29, 0.717) is 106 Å². The van der Waals surface area contributed by atoms with Crippen molar-refractivity contribution in [2.24, 2.45) is 11.8 Å². The quantitative estimate of drug-likeness (QED) is 0.00740. The largest absolute Gasteiger partial charge is 0.458 e. The molecule has 38 heteroatoms. The number of aromatic nitrogens is 4. The van der Waals surface area contributed by atoms with Gasteiger partial charge < -0.3 is 66.0 Å². The second-order valence-corrected chi connectivity index (χ2v) is 40.0. The number of carbonyl (C=O) groups excluding carboxylic acids is 16. The van der Waals surface area contributed by atoms with E-state index in [2.05, 4.69) is 49.8 Å². The predicted molar refractivity (Wildman–Crippen MR) is 528 cm³/mol. The summed E-state index contributed by atoms with van der Waals surface area (Å²) in [5.74, 6) is -6.58. The van der Waals surface area contributed by atoms with Crippen LogP contribution in [0.4, 0.5) is 8.78 Å². The molecule has 9 amide bonds. The number of ketones is 5. The molecule has 8 aliphatic rings. The molecule has 0 radical (unpaired) electrons. The number of hydrogen-bond donors (Lipinski definition) is 10. The highest BCUT2D eigenvalue weighted by atomic mass is 32.2. The van der Waals surface area contributed by atoms with Crippen molar-refractivity contribution in [2.45, 2.75) is 268 Å². The number of nitrogens with one attached hydrogen (secondary N) is 7. The molecule has 4 aromatic heterocycles. The molecular weight excluding hydrogens is 1900 g/mol. The monoisotopic (exact) mass is 2010 g/mol. The lowest BCUT2D eigenvalue weighted by molar-refractivity contribution is -0.172. The first kappa shape index (κ1) is 105. The third-order valence-electron chi connectivity index (χ3n) is 29.1. The van der Waals surface area contributed by atoms with Crippen molar-refractivity contribution in [3.8, 4) is 22.8 Å². The number of cyclic esters (lactones) is 2. The van der Waals surface area contributed by atoms with Crippen LogP contribution in [0.1, 0.15) is 252 Å². The molecule has 1 saturated carbocycles. The lowest BCUT2D eigenvalue weighted by Crippen LogP contribution is -2.44. The number of amides is 9. The van der Waals surface area contributed by atoms with Gasteiger partial charge >= 0.3 is 11.9 Å². The Morgan fingerprint density at radius 3 is 1.40 bits per heavy atom. The number of imide groups is 1. The molecule has 0 spiro atoms. The second kappa shape index (κ2) is 45.8. The molecule has 8 aromatic rings. The van der Waals surface area contributed by atoms with Crippen molar-refractivity contribution in [2.75, 3.05) is 37.7 Å². The van der Waals surface area contributed by atoms with Gasteiger partial charge in [-0.1, -0.05) is 74.5 Å². The summed E-state index contributed by atoms with van der Waals surface area (Å²) in [5, 5.41) is 43.3. The Kier molecular flexibility index (Phi) is 33.4. The smallest absolute Gasteiger partial charge is 0.343 e. The third kappa shape index (κ3) is 23.1. The molecule has 5 aliphatic heterocycles. The molecule has 760 valence electrons. The minimum atomic E-state index is -2.04. The molecule has 7 atom stereocenters. The summed E-state index contributed by atoms with van der Waals surface area (Å²) < 4.78 is 44.2. The number of likely N-dealkylation sites (tertiary alicyclic amines) is 1. The van der Waals surface area contributed by atoms with Crippen molar-refractivity contribution >= 4 is 140 Å². The number of ether oxygens (including phenoxy) is 2. The SMILES string of the molecule is CC[C@@]1(O)C(=O)OCc2c1cc1n(c2=O)Cc2c-1nc1cc(F)c(C)c3c1c2[C@@H](NC(=O)CCCNC(=O)CCC(=O)[C@H](Cc1ccccc1)NC(=O)CCC(=O)CNC(=O)CCSC1CC(=O)N(CC2CCC(C(C)=O)CC2)C1=O)CC3.CC[C@@]1(O)C(=O)OCc2c1cc1n(c2=O)Cc2c-1nc1cc(F)c(C)c3c1c2[C@@H](NC(=O)CCCNC(=O)CCC(=O)[C@H](Cc1ccccc1)NC(=O)CCC(=O)CS)CC3. The van der Waals surface area contributed by atoms with Gasteiger partial charge in [-0.05, 0) is 173 Å². The molecule has 3 aliphatic carbocycles. The summed E-state index contributed by atoms with van der Waals surface area (Å²) in [4.78, 5) is 244. The summed E-state index contributed by atoms with van der Waals surface area (Å²) in [6.07, 6.45) is 4.74. The van der Waals surface area contributed by atoms with E-state index < -0.39 is 111 Å². The van der Waals surface area contributed by atoms with E-state index >= 15 is 8.78 Å². The van der Waals surface area contributed by atoms with Crippen molar-refractivity contribution < 1.29 is 105 Å². The number of Topliss-reactive ketones (excluding diaryl/α,β-unsaturated/α-hetero) is 5. The van der Waals surface area contributed by atoms with Crippen LogP contribution in [0.2, 0.25) is 0 Å². The van der Waals surface area contributed by atoms with E-state index in [0.717, 1.165) is 58.9 Å². The molecule has 1 saturated heterocycles. The Balaban J connectivity index is 0.000000227. The Hall–Kier alpha value is -13.2. The van der Waals surface area contributed by atoms with Crippen LogP contribution in [0, 0.1) is 37.3 Å². The number of hydrogen-bond acceptors (Lipinski definition) is 26. The van der Waals surface area contributed by atoms with Crippen LogP contribution in [0.15, 0.2) is 94.5 Å². The molecule has 0 bridgehead atoms. The maximum atomic E-state index is 15.4. The third-order valence-corrected chi connectivity index (χ3v) is 30.6. The van der Waals surface area contributed by atoms with Gasteiger partial charge in [0, 0.05) is 159 Å². The van der Waals surface area contributed by atoms with Crippen molar-refractivity contribution in [1.29, 1.82) is 0 Å². The predicted octanol–water partition coefficient (Wildman–Crippen LogP) is 8.60. The van der Waals surface area contributed by atoms with E-state index in [1.54, 1.807) is 71.0 Å². The molecule has 9 heterocycles. The average Bonchev–Trinajstić information content (AvgIpc) is 1.51. The number of thioether (sulfide) groups is 1. The van der Waals surface area contributed by atoms with Gasteiger partial charge in [0.05, 0.1) is 94.0 Å². The Morgan fingerprint density at radius 1 is 0.521 bits per heavy atom. The van der Waals surface area contributed by atoms with E-state index in [1.165, 1.54) is 37.9 Å². The maximum absolute atomic E-state index is 15.4. The Morgan fingerprint density at radius 2 is 0.958 bits per heavy atom. The summed E-state index contributed by atoms with van der Waals surface area (Å²) in [6.45, 7) is 8.15. The van der Waals surface area contributed by atoms with E-state index in [-0.39, 0.29) is 248 Å². The summed E-state index contributed by atoms with van der Waals surface area (Å²) in [6, 6.07) is 21.1. The molecular formula is C106H118F2N12O22S2. The number of esters is 2. The summed E-state index contributed by atoms with van der Waals surface area (Å²) in [5.41, 5.74) is 4.83. The highest BCUT2D eigenvalue weighted by Crippen LogP contribution is 2.49. The van der Waals surface area contributed by atoms with Crippen molar-refractivity contribution in [3.05, 3.63) is 195 Å². The van der Waals surface area contributed by atoms with Crippen LogP contribution in [0.3, 0.4) is 0 Å². The Labute approximate surface area is 837 Å². The number of thiol groups is 1. The molecule has 4 aromatic carbocycles. The van der Waals surface area contributed by atoms with Gasteiger partial charge in [0.1, 0.15) is 36.4 Å². The lowest BCUT2D eigenvalue weighted by Gasteiger charge is -2.31. The van der Waals surface area contributed by atoms with E-state index in [9.17, 15) is 96.5 Å². The van der Waals surface area contributed by atoms with E-state index in [1.807, 2.05) is 36.4 Å². The molecule has 9 N–H and O–H groups in total. The first-order valence-corrected chi connectivity index (χ1v) is 51.0. The maximum Gasteiger partial charge on any atom is 0.343 e. The zero-order chi connectivity index (χ0) is 103. The highest BCUT2D eigenvalue weighted by molar-refractivity contribution is 8.00.